The lowest BCUT2D eigenvalue weighted by atomic mass is 9.79. The topological polar surface area (TPSA) is 9.23 Å². The molecule has 0 bridgehead atoms. The Bertz CT molecular complexity index is 440. The molecular formula is C16H21Br2ClO. The summed E-state index contributed by atoms with van der Waals surface area (Å²) in [6.45, 7) is 4.36. The number of halogens is 3. The summed E-state index contributed by atoms with van der Waals surface area (Å²) < 4.78 is 6.19. The van der Waals surface area contributed by atoms with Gasteiger partial charge in [-0.3, -0.25) is 0 Å². The van der Waals surface area contributed by atoms with Crippen molar-refractivity contribution < 1.29 is 4.74 Å². The fourth-order valence-corrected chi connectivity index (χ4v) is 5.04. The van der Waals surface area contributed by atoms with Crippen LogP contribution in [0.2, 0.25) is 5.02 Å². The Labute approximate surface area is 143 Å². The van der Waals surface area contributed by atoms with Crippen molar-refractivity contribution in [3.8, 4) is 0 Å². The van der Waals surface area contributed by atoms with Crippen molar-refractivity contribution >= 4 is 43.5 Å². The normalized spacial score (nSPS) is 22.1. The van der Waals surface area contributed by atoms with Crippen LogP contribution in [0.4, 0.5) is 0 Å². The van der Waals surface area contributed by atoms with Crippen molar-refractivity contribution in [3.63, 3.8) is 0 Å². The molecule has 0 saturated carbocycles. The minimum Gasteiger partial charge on any atom is -0.372 e. The highest BCUT2D eigenvalue weighted by Crippen LogP contribution is 2.40. The molecule has 1 unspecified atom stereocenters. The lowest BCUT2D eigenvalue weighted by molar-refractivity contribution is -0.0247. The Balaban J connectivity index is 2.19. The van der Waals surface area contributed by atoms with Crippen molar-refractivity contribution in [1.29, 1.82) is 0 Å². The fraction of sp³-hybridized carbons (Fsp3) is 0.625. The molecule has 1 fully saturated rings. The van der Waals surface area contributed by atoms with Gasteiger partial charge in [-0.05, 0) is 50.8 Å². The maximum atomic E-state index is 6.19. The molecule has 2 rings (SSSR count). The summed E-state index contributed by atoms with van der Waals surface area (Å²) >= 11 is 13.4. The van der Waals surface area contributed by atoms with E-state index in [1.165, 1.54) is 5.56 Å². The number of hydrogen-bond acceptors (Lipinski definition) is 1. The molecule has 1 heterocycles. The van der Waals surface area contributed by atoms with E-state index in [1.54, 1.807) is 0 Å². The Morgan fingerprint density at radius 2 is 1.85 bits per heavy atom. The number of hydrogen-bond donors (Lipinski definition) is 0. The molecule has 1 aliphatic rings. The average molecular weight is 425 g/mol. The van der Waals surface area contributed by atoms with E-state index in [0.717, 1.165) is 34.9 Å². The van der Waals surface area contributed by atoms with Gasteiger partial charge in [0.2, 0.25) is 0 Å². The Morgan fingerprint density at radius 3 is 2.30 bits per heavy atom. The second-order valence-electron chi connectivity index (χ2n) is 6.30. The van der Waals surface area contributed by atoms with E-state index in [1.807, 2.05) is 12.1 Å². The predicted molar refractivity (Wildman–Crippen MR) is 93.5 cm³/mol. The summed E-state index contributed by atoms with van der Waals surface area (Å²) in [4.78, 5) is 0. The molecule has 0 spiro atoms. The van der Waals surface area contributed by atoms with Crippen LogP contribution in [0, 0.1) is 0 Å². The van der Waals surface area contributed by atoms with Crippen molar-refractivity contribution in [1.82, 2.24) is 0 Å². The van der Waals surface area contributed by atoms with Crippen molar-refractivity contribution in [3.05, 3.63) is 34.9 Å². The van der Waals surface area contributed by atoms with Gasteiger partial charge in [0, 0.05) is 21.1 Å². The van der Waals surface area contributed by atoms with Gasteiger partial charge in [0.25, 0.3) is 0 Å². The van der Waals surface area contributed by atoms with E-state index >= 15 is 0 Å². The van der Waals surface area contributed by atoms with Crippen LogP contribution in [-0.4, -0.2) is 22.4 Å². The molecule has 20 heavy (non-hydrogen) atoms. The third-order valence-electron chi connectivity index (χ3n) is 4.14. The molecule has 1 aromatic carbocycles. The fourth-order valence-electron chi connectivity index (χ4n) is 2.88. The molecule has 1 aliphatic heterocycles. The van der Waals surface area contributed by atoms with Gasteiger partial charge in [0.1, 0.15) is 0 Å². The zero-order chi connectivity index (χ0) is 14.8. The van der Waals surface area contributed by atoms with E-state index < -0.39 is 0 Å². The second-order valence-corrected chi connectivity index (χ2v) is 7.85. The van der Waals surface area contributed by atoms with Crippen LogP contribution in [0.3, 0.4) is 0 Å². The zero-order valence-corrected chi connectivity index (χ0v) is 15.9. The van der Waals surface area contributed by atoms with Crippen molar-refractivity contribution in [2.24, 2.45) is 0 Å². The average Bonchev–Trinajstić information content (AvgIpc) is 2.76. The Morgan fingerprint density at radius 1 is 1.25 bits per heavy atom. The first-order chi connectivity index (χ1) is 9.41. The summed E-state index contributed by atoms with van der Waals surface area (Å²) in [5.74, 6) is 0. The van der Waals surface area contributed by atoms with Gasteiger partial charge in [0.15, 0.2) is 0 Å². The Hall–Kier alpha value is 0.430. The van der Waals surface area contributed by atoms with E-state index in [0.29, 0.717) is 6.10 Å². The first kappa shape index (κ1) is 16.8. The van der Waals surface area contributed by atoms with Gasteiger partial charge in [-0.25, -0.2) is 0 Å². The molecule has 0 aliphatic carbocycles. The minimum atomic E-state index is 0.0228. The number of ether oxygens (including phenoxy) is 1. The summed E-state index contributed by atoms with van der Waals surface area (Å²) in [6, 6.07) is 8.20. The molecule has 1 nitrogen and oxygen atoms in total. The third kappa shape index (κ3) is 3.79. The largest absolute Gasteiger partial charge is 0.372 e. The van der Waals surface area contributed by atoms with E-state index in [9.17, 15) is 0 Å². The Kier molecular flexibility index (Phi) is 5.61. The zero-order valence-electron chi connectivity index (χ0n) is 12.0. The van der Waals surface area contributed by atoms with Gasteiger partial charge >= 0.3 is 0 Å². The van der Waals surface area contributed by atoms with Gasteiger partial charge < -0.3 is 4.74 Å². The number of benzene rings is 1. The van der Waals surface area contributed by atoms with Crippen LogP contribution in [0.1, 0.15) is 38.7 Å². The van der Waals surface area contributed by atoms with Crippen LogP contribution < -0.4 is 0 Å². The maximum Gasteiger partial charge on any atom is 0.0631 e. The minimum absolute atomic E-state index is 0.0228. The SMILES string of the molecule is CC1(C)CCC(CC(CBr)(CBr)c2ccc(Cl)cc2)O1. The van der Waals surface area contributed by atoms with E-state index in [2.05, 4.69) is 57.8 Å². The monoisotopic (exact) mass is 422 g/mol. The van der Waals surface area contributed by atoms with Crippen LogP contribution >= 0.6 is 43.5 Å². The maximum absolute atomic E-state index is 6.19. The first-order valence-electron chi connectivity index (χ1n) is 6.97. The molecule has 1 atom stereocenters. The van der Waals surface area contributed by atoms with Crippen LogP contribution in [-0.2, 0) is 10.2 Å². The summed E-state index contributed by atoms with van der Waals surface area (Å²) in [5.41, 5.74) is 1.38. The molecule has 0 radical (unpaired) electrons. The van der Waals surface area contributed by atoms with E-state index in [-0.39, 0.29) is 11.0 Å². The standard InChI is InChI=1S/C16H21Br2ClO/c1-15(2)8-7-14(20-15)9-16(10-17,11-18)12-3-5-13(19)6-4-12/h3-6,14H,7-11H2,1-2H3. The molecular weight excluding hydrogens is 403 g/mol. The van der Waals surface area contributed by atoms with Crippen LogP contribution in [0.25, 0.3) is 0 Å². The molecule has 0 amide bonds. The lowest BCUT2D eigenvalue weighted by Gasteiger charge is -2.34. The van der Waals surface area contributed by atoms with Crippen LogP contribution in [0.5, 0.6) is 0 Å². The van der Waals surface area contributed by atoms with E-state index in [4.69, 9.17) is 16.3 Å². The van der Waals surface area contributed by atoms with Crippen molar-refractivity contribution in [2.45, 2.75) is 50.2 Å². The molecule has 4 heteroatoms. The summed E-state index contributed by atoms with van der Waals surface area (Å²) in [6.07, 6.45) is 3.63. The van der Waals surface area contributed by atoms with Gasteiger partial charge in [-0.15, -0.1) is 0 Å². The third-order valence-corrected chi connectivity index (χ3v) is 6.54. The molecule has 1 aromatic rings. The highest BCUT2D eigenvalue weighted by atomic mass is 79.9. The predicted octanol–water partition coefficient (Wildman–Crippen LogP) is 5.72. The molecule has 0 aromatic heterocycles. The van der Waals surface area contributed by atoms with Crippen molar-refractivity contribution in [2.75, 3.05) is 10.7 Å². The quantitative estimate of drug-likeness (QED) is 0.550. The lowest BCUT2D eigenvalue weighted by Crippen LogP contribution is -2.35. The molecule has 0 N–H and O–H groups in total. The van der Waals surface area contributed by atoms with Gasteiger partial charge in [-0.2, -0.15) is 0 Å². The molecule has 1 saturated heterocycles. The number of alkyl halides is 2. The number of rotatable bonds is 5. The van der Waals surface area contributed by atoms with Crippen LogP contribution in [0.15, 0.2) is 24.3 Å². The smallest absolute Gasteiger partial charge is 0.0631 e. The highest BCUT2D eigenvalue weighted by Gasteiger charge is 2.39. The molecule has 112 valence electrons. The highest BCUT2D eigenvalue weighted by molar-refractivity contribution is 9.09. The summed E-state index contributed by atoms with van der Waals surface area (Å²) in [7, 11) is 0. The summed E-state index contributed by atoms with van der Waals surface area (Å²) in [5, 5.41) is 2.60. The van der Waals surface area contributed by atoms with Gasteiger partial charge in [-0.1, -0.05) is 55.6 Å². The second kappa shape index (κ2) is 6.68. The van der Waals surface area contributed by atoms with Gasteiger partial charge in [0.05, 0.1) is 11.7 Å². The first-order valence-corrected chi connectivity index (χ1v) is 9.59.